The first-order chi connectivity index (χ1) is 33.0. The Labute approximate surface area is 402 Å². The molecule has 4 aliphatic rings. The van der Waals surface area contributed by atoms with Gasteiger partial charge in [-0.15, -0.1) is 0 Å². The van der Waals surface area contributed by atoms with Crippen LogP contribution in [0.2, 0.25) is 0 Å². The maximum Gasteiger partial charge on any atom is 0.420 e. The molecule has 1 saturated heterocycles. The number of piperidine rings is 1. The number of rotatable bonds is 11. The van der Waals surface area contributed by atoms with E-state index in [0.717, 1.165) is 64.2 Å². The summed E-state index contributed by atoms with van der Waals surface area (Å²) < 4.78 is 106. The first kappa shape index (κ1) is 53.5. The van der Waals surface area contributed by atoms with Gasteiger partial charge in [0.2, 0.25) is 0 Å². The van der Waals surface area contributed by atoms with Crippen molar-refractivity contribution in [1.29, 1.82) is 0 Å². The largest absolute Gasteiger partial charge is 0.490 e. The van der Waals surface area contributed by atoms with E-state index in [-0.39, 0.29) is 63.8 Å². The number of carbonyl (C=O) groups excluding carboxylic acids is 3. The molecule has 8 rings (SSSR count). The van der Waals surface area contributed by atoms with Crippen molar-refractivity contribution in [3.63, 3.8) is 0 Å². The van der Waals surface area contributed by atoms with Crippen LogP contribution in [0, 0.1) is 23.7 Å². The molecular formula is C55H69F6NO7. The van der Waals surface area contributed by atoms with Crippen molar-refractivity contribution in [3.05, 3.63) is 82.9 Å². The molecule has 4 aromatic carbocycles. The Hall–Kier alpha value is -4.85. The lowest BCUT2D eigenvalue weighted by molar-refractivity contribution is -0.150. The van der Waals surface area contributed by atoms with Gasteiger partial charge in [0, 0.05) is 22.9 Å². The molecule has 0 aromatic heterocycles. The number of likely N-dealkylation sites (tertiary alicyclic amines) is 1. The number of esters is 2. The second kappa shape index (κ2) is 24.8. The lowest BCUT2D eigenvalue weighted by Gasteiger charge is -2.31. The zero-order valence-corrected chi connectivity index (χ0v) is 40.5. The van der Waals surface area contributed by atoms with Gasteiger partial charge in [0.1, 0.15) is 22.6 Å². The number of hydrogen-bond donors (Lipinski definition) is 0. The molecule has 1 aliphatic heterocycles. The van der Waals surface area contributed by atoms with E-state index in [9.17, 15) is 40.7 Å². The van der Waals surface area contributed by atoms with E-state index < -0.39 is 23.5 Å². The van der Waals surface area contributed by atoms with Gasteiger partial charge < -0.3 is 18.9 Å². The third-order valence-electron chi connectivity index (χ3n) is 14.2. The quantitative estimate of drug-likeness (QED) is 0.0834. The predicted octanol–water partition coefficient (Wildman–Crippen LogP) is 14.3. The summed E-state index contributed by atoms with van der Waals surface area (Å²) in [6, 6.07) is 16.0. The molecule has 0 radical (unpaired) electrons. The second-order valence-corrected chi connectivity index (χ2v) is 19.3. The van der Waals surface area contributed by atoms with E-state index in [0.29, 0.717) is 80.1 Å². The molecule has 3 aliphatic carbocycles. The van der Waals surface area contributed by atoms with Crippen molar-refractivity contribution < 1.29 is 59.7 Å². The fourth-order valence-corrected chi connectivity index (χ4v) is 10.3. The Kier molecular flexibility index (Phi) is 19.2. The van der Waals surface area contributed by atoms with Crippen LogP contribution in [0.3, 0.4) is 0 Å². The zero-order chi connectivity index (χ0) is 49.7. The van der Waals surface area contributed by atoms with Gasteiger partial charge in [-0.05, 0) is 144 Å². The monoisotopic (exact) mass is 969 g/mol. The minimum atomic E-state index is -4.59. The number of benzene rings is 4. The number of halogens is 6. The molecule has 0 spiro atoms. The van der Waals surface area contributed by atoms with Gasteiger partial charge in [-0.25, -0.2) is 0 Å². The van der Waals surface area contributed by atoms with E-state index >= 15 is 0 Å². The Morgan fingerprint density at radius 3 is 1.49 bits per heavy atom. The topological polar surface area (TPSA) is 91.4 Å². The van der Waals surface area contributed by atoms with Crippen LogP contribution in [0.15, 0.2) is 60.7 Å². The van der Waals surface area contributed by atoms with Crippen molar-refractivity contribution in [1.82, 2.24) is 4.90 Å². The van der Waals surface area contributed by atoms with Crippen LogP contribution < -0.4 is 9.47 Å². The number of alkyl halides is 6. The fraction of sp³-hybridized carbons (Fsp3) is 0.582. The maximum atomic E-state index is 14.4. The molecule has 4 aromatic rings. The SMILES string of the molecule is CC1CCC(Oc2ccc3cccc(C=O)c3c2C(F)(F)F)CC1.CCOC(=O)C1CCCCC1.CCOC(=O)C1CCN(Cc2cccc3ccc(OC4CCC(C)CC4)c(C(F)(F)F)c23)CC1. The normalized spacial score (nSPS) is 21.8. The summed E-state index contributed by atoms with van der Waals surface area (Å²) in [7, 11) is 0. The molecule has 1 heterocycles. The van der Waals surface area contributed by atoms with Crippen LogP contribution in [-0.2, 0) is 38.0 Å². The highest BCUT2D eigenvalue weighted by Crippen LogP contribution is 2.45. The molecule has 3 saturated carbocycles. The molecule has 0 unspecified atom stereocenters. The Morgan fingerprint density at radius 1 is 0.580 bits per heavy atom. The van der Waals surface area contributed by atoms with Gasteiger partial charge in [0.05, 0.1) is 37.3 Å². The average molecular weight is 970 g/mol. The summed E-state index contributed by atoms with van der Waals surface area (Å²) in [6.45, 7) is 10.6. The Morgan fingerprint density at radius 2 is 1.03 bits per heavy atom. The second-order valence-electron chi connectivity index (χ2n) is 19.3. The van der Waals surface area contributed by atoms with Crippen molar-refractivity contribution >= 4 is 39.8 Å². The molecule has 0 bridgehead atoms. The van der Waals surface area contributed by atoms with Gasteiger partial charge >= 0.3 is 24.3 Å². The van der Waals surface area contributed by atoms with Crippen LogP contribution in [0.25, 0.3) is 21.5 Å². The minimum absolute atomic E-state index is 0.0206. The molecule has 0 atom stereocenters. The molecule has 0 N–H and O–H groups in total. The van der Waals surface area contributed by atoms with Crippen LogP contribution in [0.5, 0.6) is 11.5 Å². The average Bonchev–Trinajstić information content (AvgIpc) is 3.33. The van der Waals surface area contributed by atoms with Crippen LogP contribution in [0.4, 0.5) is 26.3 Å². The fourth-order valence-electron chi connectivity index (χ4n) is 10.3. The van der Waals surface area contributed by atoms with Gasteiger partial charge in [-0.1, -0.05) is 81.6 Å². The molecule has 8 nitrogen and oxygen atoms in total. The standard InChI is InChI=1S/C27H34F3NO3.C19H19F3O2.C9H16O2/c1-3-33-26(32)20-13-15-31(16-14-20)17-21-6-4-5-19-9-12-23(25(24(19)21)27(28,29)30)34-22-10-7-18(2)8-11-22;1-12-5-8-15(9-6-12)24-16-10-7-13-3-2-4-14(11-23)17(13)18(16)19(20,21)22;1-2-11-9(10)8-6-4-3-5-7-8/h4-6,9,12,18,20,22H,3,7-8,10-11,13-17H2,1-2H3;2-4,7,10-12,15H,5-6,8-9H2,1H3;8H,2-7H2,1H3. The lowest BCUT2D eigenvalue weighted by atomic mass is 9.89. The Balaban J connectivity index is 0.000000193. The lowest BCUT2D eigenvalue weighted by Crippen LogP contribution is -2.36. The van der Waals surface area contributed by atoms with Crippen molar-refractivity contribution in [2.45, 2.75) is 155 Å². The number of fused-ring (bicyclic) bond motifs is 2. The summed E-state index contributed by atoms with van der Waals surface area (Å²) in [5.41, 5.74) is -0.841. The summed E-state index contributed by atoms with van der Waals surface area (Å²) in [4.78, 5) is 36.6. The number of carbonyl (C=O) groups is 3. The molecule has 69 heavy (non-hydrogen) atoms. The predicted molar refractivity (Wildman–Crippen MR) is 255 cm³/mol. The molecule has 4 fully saturated rings. The molecule has 0 amide bonds. The number of ether oxygens (including phenoxy) is 4. The minimum Gasteiger partial charge on any atom is -0.490 e. The number of aldehydes is 1. The molecule has 378 valence electrons. The van der Waals surface area contributed by atoms with E-state index in [2.05, 4.69) is 18.7 Å². The van der Waals surface area contributed by atoms with Gasteiger partial charge in [0.15, 0.2) is 6.29 Å². The third-order valence-corrected chi connectivity index (χ3v) is 14.2. The Bertz CT molecular complexity index is 2300. The molecular weight excluding hydrogens is 901 g/mol. The number of nitrogens with zero attached hydrogens (tertiary/aromatic N) is 1. The van der Waals surface area contributed by atoms with E-state index in [1.807, 2.05) is 13.0 Å². The van der Waals surface area contributed by atoms with Crippen LogP contribution in [0.1, 0.15) is 151 Å². The highest BCUT2D eigenvalue weighted by atomic mass is 19.4. The van der Waals surface area contributed by atoms with Gasteiger partial charge in [-0.3, -0.25) is 19.3 Å². The van der Waals surface area contributed by atoms with Crippen molar-refractivity contribution in [2.24, 2.45) is 23.7 Å². The first-order valence-corrected chi connectivity index (χ1v) is 25.1. The van der Waals surface area contributed by atoms with Crippen molar-refractivity contribution in [2.75, 3.05) is 26.3 Å². The summed E-state index contributed by atoms with van der Waals surface area (Å²) in [5, 5.41) is 1.10. The van der Waals surface area contributed by atoms with E-state index in [4.69, 9.17) is 18.9 Å². The smallest absolute Gasteiger partial charge is 0.420 e. The van der Waals surface area contributed by atoms with Crippen LogP contribution >= 0.6 is 0 Å². The summed E-state index contributed by atoms with van der Waals surface area (Å²) >= 11 is 0. The van der Waals surface area contributed by atoms with Gasteiger partial charge in [0.25, 0.3) is 0 Å². The third kappa shape index (κ3) is 14.6. The first-order valence-electron chi connectivity index (χ1n) is 25.1. The summed E-state index contributed by atoms with van der Waals surface area (Å²) in [6.07, 6.45) is 5.00. The highest BCUT2D eigenvalue weighted by Gasteiger charge is 2.40. The maximum absolute atomic E-state index is 14.4. The van der Waals surface area contributed by atoms with Crippen LogP contribution in [-0.4, -0.2) is 61.6 Å². The van der Waals surface area contributed by atoms with Crippen molar-refractivity contribution in [3.8, 4) is 11.5 Å². The zero-order valence-electron chi connectivity index (χ0n) is 40.5. The van der Waals surface area contributed by atoms with E-state index in [1.54, 1.807) is 43.3 Å². The van der Waals surface area contributed by atoms with E-state index in [1.165, 1.54) is 37.5 Å². The summed E-state index contributed by atoms with van der Waals surface area (Å²) in [5.74, 6) is 0.870. The highest BCUT2D eigenvalue weighted by molar-refractivity contribution is 6.01. The van der Waals surface area contributed by atoms with Gasteiger partial charge in [-0.2, -0.15) is 26.3 Å². The number of hydrogen-bond acceptors (Lipinski definition) is 8. The molecule has 14 heteroatoms.